The molecule has 3 heterocycles. The van der Waals surface area contributed by atoms with E-state index in [2.05, 4.69) is 4.98 Å². The van der Waals surface area contributed by atoms with Crippen LogP contribution in [0, 0.1) is 11.6 Å². The molecule has 0 saturated carbocycles. The van der Waals surface area contributed by atoms with Crippen LogP contribution in [0.4, 0.5) is 13.9 Å². The van der Waals surface area contributed by atoms with Gasteiger partial charge in [-0.05, 0) is 60.4 Å². The second-order valence-electron chi connectivity index (χ2n) is 8.77. The number of benzene rings is 3. The second kappa shape index (κ2) is 8.67. The summed E-state index contributed by atoms with van der Waals surface area (Å²) in [4.78, 5) is 31.9. The number of anilines is 1. The Morgan fingerprint density at radius 2 is 1.86 bits per heavy atom. The van der Waals surface area contributed by atoms with E-state index in [1.807, 2.05) is 0 Å². The summed E-state index contributed by atoms with van der Waals surface area (Å²) in [6.45, 7) is 0.594. The number of aromatic nitrogens is 1. The highest BCUT2D eigenvalue weighted by molar-refractivity contribution is 7.22. The first-order valence-electron chi connectivity index (χ1n) is 11.4. The number of nitrogens with zero attached hydrogens (tertiary/aromatic N) is 2. The number of phenolic OH excluding ortho intramolecular Hbond substituents is 1. The summed E-state index contributed by atoms with van der Waals surface area (Å²) in [6.07, 6.45) is 1.55. The zero-order valence-corrected chi connectivity index (χ0v) is 19.9. The van der Waals surface area contributed by atoms with Gasteiger partial charge < -0.3 is 14.9 Å². The van der Waals surface area contributed by atoms with Crippen LogP contribution >= 0.6 is 11.3 Å². The largest absolute Gasteiger partial charge is 0.508 e. The van der Waals surface area contributed by atoms with Crippen molar-refractivity contribution in [3.8, 4) is 11.5 Å². The van der Waals surface area contributed by atoms with Gasteiger partial charge in [-0.15, -0.1) is 0 Å². The fourth-order valence-electron chi connectivity index (χ4n) is 4.71. The Morgan fingerprint density at radius 1 is 1.08 bits per heavy atom. The zero-order chi connectivity index (χ0) is 25.8. The van der Waals surface area contributed by atoms with Crippen molar-refractivity contribution in [3.63, 3.8) is 0 Å². The molecule has 3 aromatic carbocycles. The third-order valence-corrected chi connectivity index (χ3v) is 7.44. The lowest BCUT2D eigenvalue weighted by Gasteiger charge is -2.23. The molecule has 1 atom stereocenters. The minimum atomic E-state index is -1.12. The third kappa shape index (κ3) is 3.80. The molecule has 2 aliphatic heterocycles. The smallest absolute Gasteiger partial charge is 0.301 e. The van der Waals surface area contributed by atoms with E-state index in [1.54, 1.807) is 18.2 Å². The van der Waals surface area contributed by atoms with Crippen molar-refractivity contribution in [1.29, 1.82) is 0 Å². The normalized spacial score (nSPS) is 18.8. The number of hydrogen-bond donors (Lipinski definition) is 2. The van der Waals surface area contributed by atoms with Crippen LogP contribution in [-0.2, 0) is 16.0 Å². The Hall–Kier alpha value is -4.31. The molecule has 0 radical (unpaired) electrons. The lowest BCUT2D eigenvalue weighted by atomic mass is 9.94. The lowest BCUT2D eigenvalue weighted by Crippen LogP contribution is -2.29. The monoisotopic (exact) mass is 520 g/mol. The molecule has 0 spiro atoms. The van der Waals surface area contributed by atoms with Gasteiger partial charge in [-0.3, -0.25) is 14.5 Å². The van der Waals surface area contributed by atoms with Crippen LogP contribution in [0.5, 0.6) is 11.5 Å². The van der Waals surface area contributed by atoms with Crippen LogP contribution in [0.2, 0.25) is 0 Å². The van der Waals surface area contributed by atoms with Crippen molar-refractivity contribution in [2.24, 2.45) is 0 Å². The fraction of sp³-hybridized carbons (Fsp3) is 0.148. The Balaban J connectivity index is 1.55. The van der Waals surface area contributed by atoms with Crippen molar-refractivity contribution in [1.82, 2.24) is 4.98 Å². The zero-order valence-electron chi connectivity index (χ0n) is 19.1. The number of rotatable bonds is 3. The van der Waals surface area contributed by atoms with Gasteiger partial charge in [0.15, 0.2) is 10.9 Å². The van der Waals surface area contributed by atoms with E-state index < -0.39 is 29.4 Å². The molecule has 1 saturated heterocycles. The number of aryl methyl sites for hydroxylation is 1. The molecular weight excluding hydrogens is 502 g/mol. The highest BCUT2D eigenvalue weighted by atomic mass is 32.1. The average Bonchev–Trinajstić information content (AvgIpc) is 3.42. The maximum atomic E-state index is 14.4. The fourth-order valence-corrected chi connectivity index (χ4v) is 5.75. The van der Waals surface area contributed by atoms with Gasteiger partial charge in [0.05, 0.1) is 22.9 Å². The highest BCUT2D eigenvalue weighted by Gasteiger charge is 2.48. The standard InChI is InChI=1S/C27H18F2N2O5S/c28-16-11-18(29)22-20(12-16)37-27(30-22)31-23(13-3-6-17(32)7-4-13)21(25(34)26(31)35)24(33)15-5-8-19-14(10-15)2-1-9-36-19/h3-8,10-12,23,32-33H,1-2,9H2/b24-21+. The van der Waals surface area contributed by atoms with Gasteiger partial charge in [0.2, 0.25) is 0 Å². The van der Waals surface area contributed by atoms with Crippen LogP contribution in [0.1, 0.15) is 29.2 Å². The molecule has 37 heavy (non-hydrogen) atoms. The molecule has 2 N–H and O–H groups in total. The molecule has 0 bridgehead atoms. The van der Waals surface area contributed by atoms with Crippen LogP contribution in [0.25, 0.3) is 16.0 Å². The first kappa shape index (κ1) is 23.1. The number of carbonyl (C=O) groups is 2. The maximum absolute atomic E-state index is 14.4. The number of aromatic hydroxyl groups is 1. The molecule has 2 aliphatic rings. The number of amides is 1. The number of ether oxygens (including phenoxy) is 1. The van der Waals surface area contributed by atoms with E-state index in [9.17, 15) is 28.6 Å². The predicted octanol–water partition coefficient (Wildman–Crippen LogP) is 5.23. The molecule has 1 amide bonds. The van der Waals surface area contributed by atoms with Crippen molar-refractivity contribution < 1.29 is 33.3 Å². The summed E-state index contributed by atoms with van der Waals surface area (Å²) < 4.78 is 34.0. The number of Topliss-reactive ketones (excluding diaryl/α,β-unsaturated/α-hetero) is 1. The van der Waals surface area contributed by atoms with Gasteiger partial charge in [0.1, 0.15) is 28.6 Å². The summed E-state index contributed by atoms with van der Waals surface area (Å²) in [7, 11) is 0. The van der Waals surface area contributed by atoms with Gasteiger partial charge in [-0.1, -0.05) is 23.5 Å². The summed E-state index contributed by atoms with van der Waals surface area (Å²) in [5.41, 5.74) is 1.30. The minimum Gasteiger partial charge on any atom is -0.508 e. The van der Waals surface area contributed by atoms with E-state index >= 15 is 0 Å². The first-order valence-corrected chi connectivity index (χ1v) is 12.2. The van der Waals surface area contributed by atoms with Crippen molar-refractivity contribution in [3.05, 3.63) is 88.5 Å². The first-order chi connectivity index (χ1) is 17.8. The van der Waals surface area contributed by atoms with E-state index in [4.69, 9.17) is 4.74 Å². The van der Waals surface area contributed by atoms with E-state index in [1.165, 1.54) is 24.3 Å². The van der Waals surface area contributed by atoms with Gasteiger partial charge in [-0.2, -0.15) is 0 Å². The van der Waals surface area contributed by atoms with Crippen molar-refractivity contribution >= 4 is 44.1 Å². The number of aliphatic hydroxyl groups is 1. The molecule has 6 rings (SSSR count). The van der Waals surface area contributed by atoms with Crippen LogP contribution in [0.3, 0.4) is 0 Å². The highest BCUT2D eigenvalue weighted by Crippen LogP contribution is 2.45. The second-order valence-corrected chi connectivity index (χ2v) is 9.78. The van der Waals surface area contributed by atoms with E-state index in [-0.39, 0.29) is 32.4 Å². The van der Waals surface area contributed by atoms with Gasteiger partial charge >= 0.3 is 5.91 Å². The number of halogens is 2. The van der Waals surface area contributed by atoms with Crippen LogP contribution < -0.4 is 9.64 Å². The van der Waals surface area contributed by atoms with Gasteiger partial charge in [0.25, 0.3) is 5.78 Å². The maximum Gasteiger partial charge on any atom is 0.301 e. The molecule has 1 aromatic heterocycles. The summed E-state index contributed by atoms with van der Waals surface area (Å²) in [5.74, 6) is -3.34. The van der Waals surface area contributed by atoms with Crippen molar-refractivity contribution in [2.75, 3.05) is 11.5 Å². The molecule has 0 aliphatic carbocycles. The van der Waals surface area contributed by atoms with Crippen LogP contribution in [-0.4, -0.2) is 33.5 Å². The Labute approximate surface area is 212 Å². The number of thiazole rings is 1. The molecule has 10 heteroatoms. The number of ketones is 1. The van der Waals surface area contributed by atoms with E-state index in [0.717, 1.165) is 40.7 Å². The topological polar surface area (TPSA) is 100.0 Å². The molecule has 1 unspecified atom stereocenters. The third-order valence-electron chi connectivity index (χ3n) is 6.44. The molecule has 1 fully saturated rings. The Kier molecular flexibility index (Phi) is 5.41. The Morgan fingerprint density at radius 3 is 2.65 bits per heavy atom. The lowest BCUT2D eigenvalue weighted by molar-refractivity contribution is -0.132. The number of phenols is 1. The SMILES string of the molecule is O=C1C(=O)N(c2nc3c(F)cc(F)cc3s2)C(c2ccc(O)cc2)/C1=C(\O)c1ccc2c(c1)CCCO2. The molecular formula is C27H18F2N2O5S. The number of hydrogen-bond acceptors (Lipinski definition) is 7. The quantitative estimate of drug-likeness (QED) is 0.218. The number of carbonyl (C=O) groups excluding carboxylic acids is 2. The number of fused-ring (bicyclic) bond motifs is 2. The van der Waals surface area contributed by atoms with Crippen LogP contribution in [0.15, 0.2) is 60.2 Å². The summed E-state index contributed by atoms with van der Waals surface area (Å²) in [6, 6.07) is 11.5. The summed E-state index contributed by atoms with van der Waals surface area (Å²) >= 11 is 0.850. The minimum absolute atomic E-state index is 0.0300. The predicted molar refractivity (Wildman–Crippen MR) is 133 cm³/mol. The molecule has 4 aromatic rings. The molecule has 186 valence electrons. The average molecular weight is 521 g/mol. The van der Waals surface area contributed by atoms with E-state index in [0.29, 0.717) is 29.5 Å². The summed E-state index contributed by atoms with van der Waals surface area (Å²) in [5, 5.41) is 21.1. The van der Waals surface area contributed by atoms with Crippen molar-refractivity contribution in [2.45, 2.75) is 18.9 Å². The van der Waals surface area contributed by atoms with Gasteiger partial charge in [0, 0.05) is 11.6 Å². The number of aliphatic hydroxyl groups excluding tert-OH is 1. The molecule has 7 nitrogen and oxygen atoms in total. The Bertz CT molecular complexity index is 1630. The van der Waals surface area contributed by atoms with Gasteiger partial charge in [-0.25, -0.2) is 13.8 Å².